The highest BCUT2D eigenvalue weighted by molar-refractivity contribution is 5.82. The first-order valence-corrected chi connectivity index (χ1v) is 5.62. The molecule has 0 spiro atoms. The van der Waals surface area contributed by atoms with Crippen LogP contribution in [-0.4, -0.2) is 66.1 Å². The molecule has 7 nitrogen and oxygen atoms in total. The van der Waals surface area contributed by atoms with Gasteiger partial charge in [0, 0.05) is 32.7 Å². The lowest BCUT2D eigenvalue weighted by Gasteiger charge is -2.22. The van der Waals surface area contributed by atoms with Gasteiger partial charge in [0.05, 0.1) is 6.61 Å². The van der Waals surface area contributed by atoms with E-state index in [-0.39, 0.29) is 13.0 Å². The van der Waals surface area contributed by atoms with E-state index in [0.717, 1.165) is 6.42 Å². The Hall–Kier alpha value is -1.34. The number of urea groups is 1. The number of nitrogens with zero attached hydrogens (tertiary/aromatic N) is 1. The number of aliphatic carboxylic acids is 1. The lowest BCUT2D eigenvalue weighted by molar-refractivity contribution is -0.139. The number of amides is 2. The molecule has 1 heterocycles. The monoisotopic (exact) mass is 246 g/mol. The standard InChI is InChI=1S/C10H18N2O5/c13-5-2-8(9(14)15)11-10(16)12-3-1-6-17-7-4-12/h8,13H,1-7H2,(H,11,16)(H,14,15). The molecule has 0 aliphatic carbocycles. The lowest BCUT2D eigenvalue weighted by atomic mass is 10.2. The fourth-order valence-electron chi connectivity index (χ4n) is 1.58. The number of carbonyl (C=O) groups is 2. The summed E-state index contributed by atoms with van der Waals surface area (Å²) in [5, 5.41) is 19.9. The first-order valence-electron chi connectivity index (χ1n) is 5.62. The second-order valence-electron chi connectivity index (χ2n) is 3.81. The summed E-state index contributed by atoms with van der Waals surface area (Å²) in [6.07, 6.45) is 0.747. The number of aliphatic hydroxyl groups is 1. The SMILES string of the molecule is O=C(O)C(CCO)NC(=O)N1CCCOCC1. The van der Waals surface area contributed by atoms with Crippen LogP contribution in [0.2, 0.25) is 0 Å². The van der Waals surface area contributed by atoms with Crippen LogP contribution in [0.25, 0.3) is 0 Å². The second-order valence-corrected chi connectivity index (χ2v) is 3.81. The molecule has 0 aromatic heterocycles. The van der Waals surface area contributed by atoms with Crippen LogP contribution in [0.4, 0.5) is 4.79 Å². The van der Waals surface area contributed by atoms with Gasteiger partial charge < -0.3 is 25.2 Å². The van der Waals surface area contributed by atoms with Gasteiger partial charge in [0.1, 0.15) is 6.04 Å². The molecule has 0 saturated carbocycles. The van der Waals surface area contributed by atoms with Crippen molar-refractivity contribution in [2.75, 3.05) is 32.9 Å². The van der Waals surface area contributed by atoms with Crippen LogP contribution >= 0.6 is 0 Å². The smallest absolute Gasteiger partial charge is 0.326 e. The van der Waals surface area contributed by atoms with Gasteiger partial charge in [-0.2, -0.15) is 0 Å². The van der Waals surface area contributed by atoms with Crippen molar-refractivity contribution in [3.8, 4) is 0 Å². The third-order valence-corrected chi connectivity index (χ3v) is 2.52. The van der Waals surface area contributed by atoms with Crippen molar-refractivity contribution in [1.82, 2.24) is 10.2 Å². The first-order chi connectivity index (χ1) is 8.15. The number of carbonyl (C=O) groups excluding carboxylic acids is 1. The van der Waals surface area contributed by atoms with Crippen molar-refractivity contribution in [2.45, 2.75) is 18.9 Å². The first kappa shape index (κ1) is 13.7. The molecule has 0 aromatic carbocycles. The number of hydrogen-bond acceptors (Lipinski definition) is 4. The molecule has 7 heteroatoms. The number of carboxylic acids is 1. The van der Waals surface area contributed by atoms with Gasteiger partial charge in [-0.1, -0.05) is 0 Å². The molecular weight excluding hydrogens is 228 g/mol. The van der Waals surface area contributed by atoms with Gasteiger partial charge in [-0.3, -0.25) is 0 Å². The van der Waals surface area contributed by atoms with Gasteiger partial charge >= 0.3 is 12.0 Å². The van der Waals surface area contributed by atoms with Crippen LogP contribution in [0.15, 0.2) is 0 Å². The van der Waals surface area contributed by atoms with Crippen LogP contribution in [-0.2, 0) is 9.53 Å². The van der Waals surface area contributed by atoms with E-state index in [2.05, 4.69) is 5.32 Å². The third-order valence-electron chi connectivity index (χ3n) is 2.52. The van der Waals surface area contributed by atoms with Gasteiger partial charge in [0.25, 0.3) is 0 Å². The van der Waals surface area contributed by atoms with Crippen molar-refractivity contribution in [1.29, 1.82) is 0 Å². The number of ether oxygens (including phenoxy) is 1. The largest absolute Gasteiger partial charge is 0.480 e. The maximum atomic E-state index is 11.8. The van der Waals surface area contributed by atoms with Gasteiger partial charge in [-0.25, -0.2) is 9.59 Å². The Bertz CT molecular complexity index is 263. The Morgan fingerprint density at radius 2 is 2.12 bits per heavy atom. The molecule has 3 N–H and O–H groups in total. The fraction of sp³-hybridized carbons (Fsp3) is 0.800. The molecule has 1 aliphatic rings. The molecule has 17 heavy (non-hydrogen) atoms. The zero-order valence-electron chi connectivity index (χ0n) is 9.59. The molecule has 1 aliphatic heterocycles. The van der Waals surface area contributed by atoms with Crippen molar-refractivity contribution in [2.24, 2.45) is 0 Å². The van der Waals surface area contributed by atoms with Crippen molar-refractivity contribution in [3.05, 3.63) is 0 Å². The minimum atomic E-state index is -1.14. The average molecular weight is 246 g/mol. The second kappa shape index (κ2) is 7.08. The van der Waals surface area contributed by atoms with Crippen LogP contribution in [0.1, 0.15) is 12.8 Å². The summed E-state index contributed by atoms with van der Waals surface area (Å²) in [6.45, 7) is 1.81. The van der Waals surface area contributed by atoms with Gasteiger partial charge in [0.2, 0.25) is 0 Å². The van der Waals surface area contributed by atoms with Crippen molar-refractivity contribution in [3.63, 3.8) is 0 Å². The van der Waals surface area contributed by atoms with Crippen LogP contribution in [0, 0.1) is 0 Å². The number of hydrogen-bond donors (Lipinski definition) is 3. The van der Waals surface area contributed by atoms with Gasteiger partial charge in [0.15, 0.2) is 0 Å². The summed E-state index contributed by atoms with van der Waals surface area (Å²) in [5.41, 5.74) is 0. The Balaban J connectivity index is 2.47. The number of rotatable bonds is 4. The van der Waals surface area contributed by atoms with E-state index in [1.807, 2.05) is 0 Å². The van der Waals surface area contributed by atoms with Crippen LogP contribution in [0.5, 0.6) is 0 Å². The minimum absolute atomic E-state index is 0.00537. The molecule has 1 atom stereocenters. The molecule has 0 radical (unpaired) electrons. The zero-order chi connectivity index (χ0) is 12.7. The number of aliphatic hydroxyl groups excluding tert-OH is 1. The Kier molecular flexibility index (Phi) is 5.71. The van der Waals surface area contributed by atoms with E-state index in [9.17, 15) is 9.59 Å². The van der Waals surface area contributed by atoms with E-state index < -0.39 is 18.0 Å². The molecular formula is C10H18N2O5. The van der Waals surface area contributed by atoms with Crippen LogP contribution < -0.4 is 5.32 Å². The predicted molar refractivity (Wildman–Crippen MR) is 58.7 cm³/mol. The summed E-state index contributed by atoms with van der Waals surface area (Å²) in [7, 11) is 0. The van der Waals surface area contributed by atoms with E-state index in [0.29, 0.717) is 26.3 Å². The molecule has 2 amide bonds. The van der Waals surface area contributed by atoms with E-state index in [1.165, 1.54) is 4.90 Å². The topological polar surface area (TPSA) is 99.1 Å². The highest BCUT2D eigenvalue weighted by Crippen LogP contribution is 2.01. The predicted octanol–water partition coefficient (Wildman–Crippen LogP) is -0.746. The molecule has 98 valence electrons. The Morgan fingerprint density at radius 1 is 1.35 bits per heavy atom. The molecule has 1 saturated heterocycles. The highest BCUT2D eigenvalue weighted by Gasteiger charge is 2.23. The number of carboxylic acid groups (broad SMARTS) is 1. The van der Waals surface area contributed by atoms with Gasteiger partial charge in [-0.05, 0) is 6.42 Å². The van der Waals surface area contributed by atoms with E-state index >= 15 is 0 Å². The fourth-order valence-corrected chi connectivity index (χ4v) is 1.58. The summed E-state index contributed by atoms with van der Waals surface area (Å²) in [4.78, 5) is 24.1. The molecule has 0 aromatic rings. The van der Waals surface area contributed by atoms with Crippen molar-refractivity contribution >= 4 is 12.0 Å². The summed E-state index contributed by atoms with van der Waals surface area (Å²) in [5.74, 6) is -1.14. The van der Waals surface area contributed by atoms with Crippen molar-refractivity contribution < 1.29 is 24.5 Å². The van der Waals surface area contributed by atoms with Crippen LogP contribution in [0.3, 0.4) is 0 Å². The molecule has 1 rings (SSSR count). The average Bonchev–Trinajstić information content (AvgIpc) is 2.56. The zero-order valence-corrected chi connectivity index (χ0v) is 9.59. The maximum Gasteiger partial charge on any atom is 0.326 e. The summed E-state index contributed by atoms with van der Waals surface area (Å²) >= 11 is 0. The normalized spacial score (nSPS) is 18.3. The summed E-state index contributed by atoms with van der Waals surface area (Å²) < 4.78 is 5.20. The Labute approximate surface area is 99.4 Å². The highest BCUT2D eigenvalue weighted by atomic mass is 16.5. The molecule has 0 bridgehead atoms. The maximum absolute atomic E-state index is 11.8. The third kappa shape index (κ3) is 4.58. The quantitative estimate of drug-likeness (QED) is 0.606. The molecule has 1 unspecified atom stereocenters. The van der Waals surface area contributed by atoms with E-state index in [4.69, 9.17) is 14.9 Å². The van der Waals surface area contributed by atoms with E-state index in [1.54, 1.807) is 0 Å². The number of nitrogens with one attached hydrogen (secondary N) is 1. The molecule has 1 fully saturated rings. The lowest BCUT2D eigenvalue weighted by Crippen LogP contribution is -2.49. The summed E-state index contributed by atoms with van der Waals surface area (Å²) in [6, 6.07) is -1.46. The minimum Gasteiger partial charge on any atom is -0.480 e. The van der Waals surface area contributed by atoms with Gasteiger partial charge in [-0.15, -0.1) is 0 Å². The Morgan fingerprint density at radius 3 is 2.76 bits per heavy atom.